The summed E-state index contributed by atoms with van der Waals surface area (Å²) in [5.74, 6) is 0.969. The summed E-state index contributed by atoms with van der Waals surface area (Å²) in [6.07, 6.45) is 8.93. The van der Waals surface area contributed by atoms with Gasteiger partial charge in [0.1, 0.15) is 0 Å². The Kier molecular flexibility index (Phi) is 12.7. The minimum atomic E-state index is -0.297. The van der Waals surface area contributed by atoms with Gasteiger partial charge in [-0.3, -0.25) is 0 Å². The minimum absolute atomic E-state index is 0.00286. The molecule has 11 heteroatoms. The summed E-state index contributed by atoms with van der Waals surface area (Å²) >= 11 is 0.0570. The molecular weight excluding hydrogens is 716 g/mol. The fraction of sp³-hybridized carbons (Fsp3) is 0.457. The Bertz CT molecular complexity index is 1480. The molecule has 244 valence electrons. The first kappa shape index (κ1) is 34.1. The molecule has 0 aromatic heterocycles. The molecule has 0 spiro atoms. The molecule has 9 nitrogen and oxygen atoms in total. The van der Waals surface area contributed by atoms with Crippen LogP contribution in [0.2, 0.25) is 10.6 Å². The second-order valence-corrected chi connectivity index (χ2v) is 16.8. The molecule has 3 aromatic carbocycles. The van der Waals surface area contributed by atoms with E-state index in [0.717, 1.165) is 82.9 Å². The number of ether oxygens (including phenoxy) is 1. The molecule has 1 saturated heterocycles. The Balaban J connectivity index is 1.21. The SMILES string of the molecule is O=C(OCc1ccccc1)N1[C@H](CCC[Se]c2ccccc2[N+](=O)[O-])CC[C@@H]2[C@@H](CCC[Se]c3ccccc3[N+](=O)[O-])CCC[C@@H]21. The quantitative estimate of drug-likeness (QED) is 0.0770. The van der Waals surface area contributed by atoms with E-state index in [2.05, 4.69) is 4.90 Å². The van der Waals surface area contributed by atoms with Gasteiger partial charge in [0, 0.05) is 0 Å². The number of carbonyl (C=O) groups excluding carboxylic acids is 1. The van der Waals surface area contributed by atoms with Gasteiger partial charge in [-0.1, -0.05) is 0 Å². The molecule has 4 atom stereocenters. The summed E-state index contributed by atoms with van der Waals surface area (Å²) in [6, 6.07) is 24.1. The molecule has 1 heterocycles. The van der Waals surface area contributed by atoms with E-state index in [0.29, 0.717) is 11.8 Å². The van der Waals surface area contributed by atoms with Crippen molar-refractivity contribution in [1.29, 1.82) is 0 Å². The van der Waals surface area contributed by atoms with Crippen LogP contribution in [0, 0.1) is 32.1 Å². The number of fused-ring (bicyclic) bond motifs is 1. The number of hydrogen-bond acceptors (Lipinski definition) is 6. The van der Waals surface area contributed by atoms with Crippen molar-refractivity contribution in [1.82, 2.24) is 4.90 Å². The van der Waals surface area contributed by atoms with Gasteiger partial charge in [-0.15, -0.1) is 0 Å². The fourth-order valence-corrected chi connectivity index (χ4v) is 11.3. The van der Waals surface area contributed by atoms with Gasteiger partial charge in [-0.25, -0.2) is 0 Å². The third-order valence-electron chi connectivity index (χ3n) is 9.21. The van der Waals surface area contributed by atoms with Crippen molar-refractivity contribution in [3.05, 3.63) is 105 Å². The number of para-hydroxylation sites is 2. The Morgan fingerprint density at radius 1 is 0.761 bits per heavy atom. The number of nitrogens with zero attached hydrogens (tertiary/aromatic N) is 3. The van der Waals surface area contributed by atoms with Crippen molar-refractivity contribution < 1.29 is 19.4 Å². The van der Waals surface area contributed by atoms with Crippen molar-refractivity contribution in [2.75, 3.05) is 0 Å². The number of likely N-dealkylation sites (tertiary alicyclic amines) is 1. The second-order valence-electron chi connectivity index (χ2n) is 12.0. The van der Waals surface area contributed by atoms with Gasteiger partial charge in [0.2, 0.25) is 0 Å². The molecular formula is C35H41N3O6Se2. The van der Waals surface area contributed by atoms with Crippen LogP contribution in [0.1, 0.15) is 63.4 Å². The van der Waals surface area contributed by atoms with E-state index < -0.39 is 0 Å². The topological polar surface area (TPSA) is 116 Å². The van der Waals surface area contributed by atoms with Crippen LogP contribution in [0.15, 0.2) is 78.9 Å². The van der Waals surface area contributed by atoms with Crippen molar-refractivity contribution in [3.8, 4) is 0 Å². The zero-order valence-corrected chi connectivity index (χ0v) is 29.3. The molecule has 1 saturated carbocycles. The van der Waals surface area contributed by atoms with Gasteiger partial charge >= 0.3 is 284 Å². The van der Waals surface area contributed by atoms with E-state index >= 15 is 0 Å². The van der Waals surface area contributed by atoms with Crippen LogP contribution < -0.4 is 8.92 Å². The molecule has 1 aliphatic carbocycles. The van der Waals surface area contributed by atoms with Gasteiger partial charge < -0.3 is 0 Å². The van der Waals surface area contributed by atoms with Crippen LogP contribution in [0.3, 0.4) is 0 Å². The molecule has 0 radical (unpaired) electrons. The second kappa shape index (κ2) is 17.1. The monoisotopic (exact) mass is 759 g/mol. The number of benzene rings is 3. The van der Waals surface area contributed by atoms with Crippen LogP contribution in [0.25, 0.3) is 0 Å². The molecule has 5 rings (SSSR count). The number of piperidine rings is 1. The normalized spacial score (nSPS) is 20.9. The molecule has 0 N–H and O–H groups in total. The predicted molar refractivity (Wildman–Crippen MR) is 181 cm³/mol. The Morgan fingerprint density at radius 3 is 1.98 bits per heavy atom. The van der Waals surface area contributed by atoms with Gasteiger partial charge in [0.15, 0.2) is 0 Å². The number of amides is 1. The molecule has 1 aliphatic heterocycles. The number of nitro groups is 2. The van der Waals surface area contributed by atoms with Gasteiger partial charge in [0.25, 0.3) is 0 Å². The summed E-state index contributed by atoms with van der Waals surface area (Å²) in [4.78, 5) is 38.2. The fourth-order valence-electron chi connectivity index (χ4n) is 7.11. The predicted octanol–water partition coefficient (Wildman–Crippen LogP) is 6.85. The molecule has 3 aromatic rings. The summed E-state index contributed by atoms with van der Waals surface area (Å²) < 4.78 is 7.62. The van der Waals surface area contributed by atoms with E-state index in [1.165, 1.54) is 0 Å². The summed E-state index contributed by atoms with van der Waals surface area (Å²) in [5, 5.41) is 24.8. The molecule has 2 aliphatic rings. The number of carbonyl (C=O) groups is 1. The van der Waals surface area contributed by atoms with E-state index in [9.17, 15) is 25.0 Å². The van der Waals surface area contributed by atoms with E-state index in [1.807, 2.05) is 54.6 Å². The summed E-state index contributed by atoms with van der Waals surface area (Å²) in [6.45, 7) is 0.248. The Hall–Kier alpha value is -3.23. The van der Waals surface area contributed by atoms with Crippen molar-refractivity contribution in [2.24, 2.45) is 11.8 Å². The van der Waals surface area contributed by atoms with Gasteiger partial charge in [0.05, 0.1) is 0 Å². The zero-order chi connectivity index (χ0) is 32.3. The average Bonchev–Trinajstić information content (AvgIpc) is 3.08. The maximum absolute atomic E-state index is 13.8. The maximum atomic E-state index is 13.8. The summed E-state index contributed by atoms with van der Waals surface area (Å²) in [7, 11) is 0. The number of rotatable bonds is 14. The number of hydrogen-bond donors (Lipinski definition) is 0. The first-order valence-electron chi connectivity index (χ1n) is 16.1. The van der Waals surface area contributed by atoms with E-state index in [4.69, 9.17) is 4.74 Å². The average molecular weight is 758 g/mol. The molecule has 2 fully saturated rings. The van der Waals surface area contributed by atoms with Crippen molar-refractivity contribution in [3.63, 3.8) is 0 Å². The van der Waals surface area contributed by atoms with Crippen LogP contribution in [-0.2, 0) is 11.3 Å². The van der Waals surface area contributed by atoms with Crippen LogP contribution in [-0.4, -0.2) is 62.8 Å². The molecule has 0 bridgehead atoms. The van der Waals surface area contributed by atoms with Crippen LogP contribution in [0.4, 0.5) is 16.2 Å². The zero-order valence-electron chi connectivity index (χ0n) is 25.9. The Morgan fingerprint density at radius 2 is 1.35 bits per heavy atom. The third kappa shape index (κ3) is 8.97. The third-order valence-corrected chi connectivity index (χ3v) is 14.0. The van der Waals surface area contributed by atoms with Crippen molar-refractivity contribution >= 4 is 56.3 Å². The van der Waals surface area contributed by atoms with Crippen LogP contribution >= 0.6 is 0 Å². The molecule has 0 unspecified atom stereocenters. The molecule has 1 amide bonds. The van der Waals surface area contributed by atoms with E-state index in [-0.39, 0.29) is 75.9 Å². The first-order chi connectivity index (χ1) is 22.4. The van der Waals surface area contributed by atoms with Gasteiger partial charge in [-0.05, 0) is 0 Å². The standard InChI is InChI=1S/C35H41N3O6Se2/c39-35(44-25-26-11-2-1-3-12-26)36-28(15-10-24-46-34-20-7-5-17-32(34)38(42)43)21-22-29-27(13-8-18-30(29)36)14-9-23-45-33-19-6-4-16-31(33)37(40)41/h1-7,11-12,16-17,19-20,27-30H,8-10,13-15,18,21-25H2/t27-,28-,29-,30+/m1/s1. The van der Waals surface area contributed by atoms with E-state index in [1.54, 1.807) is 24.3 Å². The van der Waals surface area contributed by atoms with Gasteiger partial charge in [-0.2, -0.15) is 0 Å². The number of nitro benzene ring substituents is 2. The van der Waals surface area contributed by atoms with Crippen LogP contribution in [0.5, 0.6) is 0 Å². The molecule has 46 heavy (non-hydrogen) atoms. The Labute approximate surface area is 283 Å². The van der Waals surface area contributed by atoms with Crippen molar-refractivity contribution in [2.45, 2.75) is 87.1 Å². The first-order valence-corrected chi connectivity index (χ1v) is 20.3. The summed E-state index contributed by atoms with van der Waals surface area (Å²) in [5.41, 5.74) is 1.40.